The van der Waals surface area contributed by atoms with E-state index in [1.54, 1.807) is 36.4 Å². The maximum Gasteiger partial charge on any atom is 0.363 e. The van der Waals surface area contributed by atoms with Crippen molar-refractivity contribution in [2.75, 3.05) is 0 Å². The maximum atomic E-state index is 13.8. The highest BCUT2D eigenvalue weighted by Gasteiger charge is 2.25. The van der Waals surface area contributed by atoms with Gasteiger partial charge in [-0.25, -0.2) is 14.2 Å². The van der Waals surface area contributed by atoms with Gasteiger partial charge in [-0.15, -0.1) is 0 Å². The molecular weight excluding hydrogens is 597 g/mol. The summed E-state index contributed by atoms with van der Waals surface area (Å²) >= 11 is 10.4. The number of carbonyl (C=O) groups is 1. The molecule has 0 saturated carbocycles. The number of esters is 1. The fourth-order valence-corrected chi connectivity index (χ4v) is 4.79. The molecule has 1 aliphatic heterocycles. The molecule has 0 bridgehead atoms. The molecule has 4 nitrogen and oxygen atoms in total. The van der Waals surface area contributed by atoms with Gasteiger partial charge in [-0.05, 0) is 89.8 Å². The molecule has 3 aromatic carbocycles. The second kappa shape index (κ2) is 9.46. The van der Waals surface area contributed by atoms with E-state index in [-0.39, 0.29) is 24.0 Å². The second-order valence-corrected chi connectivity index (χ2v) is 9.07. The summed E-state index contributed by atoms with van der Waals surface area (Å²) in [6.45, 7) is 0.0796. The number of rotatable bonds is 5. The van der Waals surface area contributed by atoms with E-state index in [1.165, 1.54) is 6.07 Å². The van der Waals surface area contributed by atoms with Crippen LogP contribution in [0.5, 0.6) is 5.75 Å². The standard InChI is InChI=1S/C23H13Br3FNO3/c24-16-7-3-2-6-15(16)22-28-20(23(29)31-22)11-13-9-17(25)21(18(26)10-13)30-12-14-5-1-4-8-19(14)27/h1-11H,12H2/b20-11+. The normalized spacial score (nSPS) is 14.5. The largest absolute Gasteiger partial charge is 0.486 e. The van der Waals surface area contributed by atoms with E-state index < -0.39 is 5.97 Å². The minimum Gasteiger partial charge on any atom is -0.486 e. The zero-order chi connectivity index (χ0) is 22.0. The third-order valence-corrected chi connectivity index (χ3v) is 6.25. The lowest BCUT2D eigenvalue weighted by molar-refractivity contribution is -0.129. The van der Waals surface area contributed by atoms with Crippen molar-refractivity contribution in [2.45, 2.75) is 6.61 Å². The van der Waals surface area contributed by atoms with Gasteiger partial charge in [0.05, 0.1) is 14.5 Å². The van der Waals surface area contributed by atoms with Crippen LogP contribution in [0.2, 0.25) is 0 Å². The minimum atomic E-state index is -0.530. The van der Waals surface area contributed by atoms with E-state index in [2.05, 4.69) is 52.8 Å². The Morgan fingerprint density at radius 1 is 0.968 bits per heavy atom. The summed E-state index contributed by atoms with van der Waals surface area (Å²) in [5.74, 6) is -0.0871. The van der Waals surface area contributed by atoms with Gasteiger partial charge in [0.2, 0.25) is 5.90 Å². The lowest BCUT2D eigenvalue weighted by Crippen LogP contribution is -2.05. The number of hydrogen-bond donors (Lipinski definition) is 0. The molecule has 0 fully saturated rings. The predicted octanol–water partition coefficient (Wildman–Crippen LogP) is 7.04. The van der Waals surface area contributed by atoms with Gasteiger partial charge >= 0.3 is 5.97 Å². The van der Waals surface area contributed by atoms with E-state index in [1.807, 2.05) is 24.3 Å². The third-order valence-electron chi connectivity index (χ3n) is 4.38. The first-order valence-electron chi connectivity index (χ1n) is 9.05. The highest BCUT2D eigenvalue weighted by molar-refractivity contribution is 9.11. The van der Waals surface area contributed by atoms with E-state index in [0.717, 1.165) is 4.47 Å². The Hall–Kier alpha value is -2.29. The summed E-state index contributed by atoms with van der Waals surface area (Å²) in [5, 5.41) is 0. The van der Waals surface area contributed by atoms with Crippen molar-refractivity contribution in [3.63, 3.8) is 0 Å². The van der Waals surface area contributed by atoms with E-state index in [0.29, 0.717) is 31.4 Å². The van der Waals surface area contributed by atoms with Crippen molar-refractivity contribution < 1.29 is 18.7 Å². The van der Waals surface area contributed by atoms with Crippen LogP contribution in [0, 0.1) is 5.82 Å². The summed E-state index contributed by atoms with van der Waals surface area (Å²) in [7, 11) is 0. The molecule has 0 unspecified atom stereocenters. The molecule has 1 aliphatic rings. The van der Waals surface area contributed by atoms with Crippen LogP contribution in [0.1, 0.15) is 16.7 Å². The summed E-state index contributed by atoms with van der Waals surface area (Å²) in [6, 6.07) is 17.4. The highest BCUT2D eigenvalue weighted by atomic mass is 79.9. The minimum absolute atomic E-state index is 0.0796. The molecule has 8 heteroatoms. The van der Waals surface area contributed by atoms with Crippen LogP contribution in [0.3, 0.4) is 0 Å². The molecule has 31 heavy (non-hydrogen) atoms. The Morgan fingerprint density at radius 3 is 2.35 bits per heavy atom. The Kier molecular flexibility index (Phi) is 6.69. The molecular formula is C23H13Br3FNO3. The molecule has 0 N–H and O–H groups in total. The summed E-state index contributed by atoms with van der Waals surface area (Å²) in [6.07, 6.45) is 1.63. The van der Waals surface area contributed by atoms with Gasteiger partial charge in [0.25, 0.3) is 0 Å². The van der Waals surface area contributed by atoms with Crippen molar-refractivity contribution in [1.29, 1.82) is 0 Å². The fourth-order valence-electron chi connectivity index (χ4n) is 2.88. The number of nitrogens with zero attached hydrogens (tertiary/aromatic N) is 1. The molecule has 0 spiro atoms. The molecule has 1 heterocycles. The maximum absolute atomic E-state index is 13.8. The number of hydrogen-bond acceptors (Lipinski definition) is 4. The molecule has 0 aromatic heterocycles. The van der Waals surface area contributed by atoms with Crippen LogP contribution in [0.25, 0.3) is 6.08 Å². The quantitative estimate of drug-likeness (QED) is 0.230. The van der Waals surface area contributed by atoms with Crippen molar-refractivity contribution in [2.24, 2.45) is 4.99 Å². The van der Waals surface area contributed by atoms with Gasteiger partial charge in [-0.2, -0.15) is 0 Å². The SMILES string of the molecule is O=C1OC(c2ccccc2Br)=N/C1=C/c1cc(Br)c(OCc2ccccc2F)c(Br)c1. The first-order valence-corrected chi connectivity index (χ1v) is 11.4. The molecule has 3 aromatic rings. The molecule has 0 aliphatic carbocycles. The van der Waals surface area contributed by atoms with Crippen LogP contribution in [0.4, 0.5) is 4.39 Å². The Bertz CT molecular complexity index is 1220. The molecule has 0 radical (unpaired) electrons. The number of halogens is 4. The molecule has 156 valence electrons. The van der Waals surface area contributed by atoms with Gasteiger partial charge in [0.1, 0.15) is 18.2 Å². The molecule has 4 rings (SSSR count). The molecule has 0 atom stereocenters. The first-order chi connectivity index (χ1) is 14.9. The average Bonchev–Trinajstić information content (AvgIpc) is 3.09. The third kappa shape index (κ3) is 4.97. The van der Waals surface area contributed by atoms with Gasteiger partial charge in [0, 0.05) is 10.0 Å². The zero-order valence-corrected chi connectivity index (χ0v) is 20.5. The van der Waals surface area contributed by atoms with E-state index in [9.17, 15) is 9.18 Å². The summed E-state index contributed by atoms with van der Waals surface area (Å²) in [4.78, 5) is 16.6. The number of ether oxygens (including phenoxy) is 2. The number of cyclic esters (lactones) is 1. The topological polar surface area (TPSA) is 47.9 Å². The lowest BCUT2D eigenvalue weighted by atomic mass is 10.2. The fraction of sp³-hybridized carbons (Fsp3) is 0.0435. The van der Waals surface area contributed by atoms with Gasteiger partial charge in [-0.3, -0.25) is 0 Å². The van der Waals surface area contributed by atoms with Crippen LogP contribution in [-0.2, 0) is 16.1 Å². The zero-order valence-electron chi connectivity index (χ0n) is 15.7. The van der Waals surface area contributed by atoms with Crippen LogP contribution < -0.4 is 4.74 Å². The van der Waals surface area contributed by atoms with Crippen molar-refractivity contribution in [3.05, 3.63) is 102 Å². The smallest absolute Gasteiger partial charge is 0.363 e. The summed E-state index contributed by atoms with van der Waals surface area (Å²) < 4.78 is 27.0. The van der Waals surface area contributed by atoms with Crippen molar-refractivity contribution >= 4 is 65.7 Å². The molecule has 0 saturated heterocycles. The lowest BCUT2D eigenvalue weighted by Gasteiger charge is -2.12. The Balaban J connectivity index is 1.58. The predicted molar refractivity (Wildman–Crippen MR) is 127 cm³/mol. The average molecular weight is 610 g/mol. The highest BCUT2D eigenvalue weighted by Crippen LogP contribution is 2.36. The van der Waals surface area contributed by atoms with Crippen LogP contribution >= 0.6 is 47.8 Å². The van der Waals surface area contributed by atoms with Crippen LogP contribution in [0.15, 0.2) is 84.8 Å². The number of carbonyl (C=O) groups excluding carboxylic acids is 1. The van der Waals surface area contributed by atoms with Gasteiger partial charge in [0.15, 0.2) is 5.70 Å². The second-order valence-electron chi connectivity index (χ2n) is 6.51. The number of aliphatic imine (C=N–C) groups is 1. The number of benzene rings is 3. The van der Waals surface area contributed by atoms with E-state index in [4.69, 9.17) is 9.47 Å². The Morgan fingerprint density at radius 2 is 1.65 bits per heavy atom. The van der Waals surface area contributed by atoms with Gasteiger partial charge in [-0.1, -0.05) is 30.3 Å². The summed E-state index contributed by atoms with van der Waals surface area (Å²) in [5.41, 5.74) is 2.04. The Labute approximate surface area is 203 Å². The first kappa shape index (κ1) is 21.9. The van der Waals surface area contributed by atoms with Crippen molar-refractivity contribution in [1.82, 2.24) is 0 Å². The molecule has 0 amide bonds. The van der Waals surface area contributed by atoms with Crippen molar-refractivity contribution in [3.8, 4) is 5.75 Å². The van der Waals surface area contributed by atoms with Crippen LogP contribution in [-0.4, -0.2) is 11.9 Å². The monoisotopic (exact) mass is 607 g/mol. The van der Waals surface area contributed by atoms with Gasteiger partial charge < -0.3 is 9.47 Å². The van der Waals surface area contributed by atoms with E-state index >= 15 is 0 Å².